The summed E-state index contributed by atoms with van der Waals surface area (Å²) in [6.07, 6.45) is -0.796. The quantitative estimate of drug-likeness (QED) is 0.604. The minimum atomic E-state index is -3.28. The van der Waals surface area contributed by atoms with Gasteiger partial charge in [-0.3, -0.25) is 0 Å². The van der Waals surface area contributed by atoms with E-state index in [0.29, 0.717) is 0 Å². The van der Waals surface area contributed by atoms with Crippen LogP contribution in [-0.4, -0.2) is 41.0 Å². The number of hydrogen-bond donors (Lipinski definition) is 1. The molecule has 11 heteroatoms. The Labute approximate surface area is 171 Å². The van der Waals surface area contributed by atoms with Gasteiger partial charge in [-0.25, -0.2) is 13.2 Å². The van der Waals surface area contributed by atoms with E-state index in [-0.39, 0.29) is 23.6 Å². The Morgan fingerprint density at radius 2 is 1.70 bits per heavy atom. The summed E-state index contributed by atoms with van der Waals surface area (Å²) in [6.45, 7) is -0.722. The van der Waals surface area contributed by atoms with E-state index in [1.165, 1.54) is 12.1 Å². The number of benzene rings is 2. The molecule has 3 aromatic rings. The molecule has 0 radical (unpaired) electrons. The number of tetrazole rings is 1. The highest BCUT2D eigenvalue weighted by Gasteiger charge is 2.13. The van der Waals surface area contributed by atoms with Crippen LogP contribution < -0.4 is 11.4 Å². The molecule has 0 unspecified atom stereocenters. The summed E-state index contributed by atoms with van der Waals surface area (Å²) in [6, 6.07) is 13.7. The van der Waals surface area contributed by atoms with Crippen molar-refractivity contribution >= 4 is 9.84 Å². The van der Waals surface area contributed by atoms with E-state index in [1.54, 1.807) is 24.3 Å². The molecule has 0 saturated carbocycles. The van der Waals surface area contributed by atoms with Crippen LogP contribution in [0.2, 0.25) is 0 Å². The van der Waals surface area contributed by atoms with Crippen LogP contribution in [-0.2, 0) is 22.9 Å². The Balaban J connectivity index is 1.83. The smallest absolute Gasteiger partial charge is 0.327 e. The lowest BCUT2D eigenvalue weighted by atomic mass is 10.0. The molecule has 30 heavy (non-hydrogen) atoms. The molecule has 8 nitrogen and oxygen atoms in total. The number of nitrogens with zero attached hydrogens (tertiary/aromatic N) is 4. The molecule has 0 aliphatic rings. The molecule has 2 N–H and O–H groups in total. The highest BCUT2D eigenvalue weighted by Crippen LogP contribution is 2.22. The van der Waals surface area contributed by atoms with E-state index in [0.717, 1.165) is 32.3 Å². The molecule has 0 saturated heterocycles. The lowest BCUT2D eigenvalue weighted by molar-refractivity contribution is 0.400. The normalized spacial score (nSPS) is 11.5. The van der Waals surface area contributed by atoms with Gasteiger partial charge >= 0.3 is 5.69 Å². The van der Waals surface area contributed by atoms with Crippen LogP contribution in [0, 0.1) is 0 Å². The Morgan fingerprint density at radius 3 is 2.30 bits per heavy atom. The number of halogens is 2. The summed E-state index contributed by atoms with van der Waals surface area (Å²) >= 11 is 0. The molecule has 0 aliphatic carbocycles. The molecule has 0 fully saturated rings. The van der Waals surface area contributed by atoms with Crippen LogP contribution in [0.3, 0.4) is 0 Å². The third-order valence-corrected chi connectivity index (χ3v) is 5.56. The van der Waals surface area contributed by atoms with E-state index < -0.39 is 28.2 Å². The second kappa shape index (κ2) is 8.67. The van der Waals surface area contributed by atoms with Gasteiger partial charge in [0.1, 0.15) is 0 Å². The lowest BCUT2D eigenvalue weighted by Crippen LogP contribution is -2.27. The maximum absolute atomic E-state index is 12.8. The fraction of sp³-hybridized carbons (Fsp3) is 0.211. The van der Waals surface area contributed by atoms with Crippen LogP contribution in [0.5, 0.6) is 0 Å². The zero-order valence-corrected chi connectivity index (χ0v) is 16.8. The molecule has 0 spiro atoms. The standard InChI is InChI=1S/C19H19F2N5O3S/c1-30(28,29)17-7-5-14(6-8-17)15-4-2-3-13(9-15)11-25-19(27)26(24-23-25)12-16(10-22)18(20)21/h2-9H,10-12,22H2,1H3. The van der Waals surface area contributed by atoms with Crippen LogP contribution in [0.15, 0.2) is 69.9 Å². The van der Waals surface area contributed by atoms with Crippen molar-refractivity contribution in [3.63, 3.8) is 0 Å². The summed E-state index contributed by atoms with van der Waals surface area (Å²) in [5.74, 6) is 0. The van der Waals surface area contributed by atoms with E-state index in [4.69, 9.17) is 5.73 Å². The largest absolute Gasteiger partial charge is 0.364 e. The maximum atomic E-state index is 12.8. The van der Waals surface area contributed by atoms with E-state index >= 15 is 0 Å². The number of aromatic nitrogens is 4. The Morgan fingerprint density at radius 1 is 1.03 bits per heavy atom. The first-order valence-corrected chi connectivity index (χ1v) is 10.7. The molecular formula is C19H19F2N5O3S. The third-order valence-electron chi connectivity index (χ3n) is 4.43. The SMILES string of the molecule is CS(=O)(=O)c1ccc(-c2cccc(Cn3nnn(CC(CN)=C(F)F)c3=O)c2)cc1. The summed E-state index contributed by atoms with van der Waals surface area (Å²) in [5, 5.41) is 7.37. The Hall–Kier alpha value is -3.18. The van der Waals surface area contributed by atoms with Gasteiger partial charge in [0.05, 0.1) is 18.0 Å². The highest BCUT2D eigenvalue weighted by atomic mass is 32.2. The van der Waals surface area contributed by atoms with Crippen molar-refractivity contribution < 1.29 is 17.2 Å². The third kappa shape index (κ3) is 4.86. The monoisotopic (exact) mass is 435 g/mol. The van der Waals surface area contributed by atoms with Gasteiger partial charge in [-0.2, -0.15) is 18.1 Å². The minimum Gasteiger partial charge on any atom is -0.327 e. The van der Waals surface area contributed by atoms with Crippen LogP contribution >= 0.6 is 0 Å². The van der Waals surface area contributed by atoms with Crippen LogP contribution in [0.4, 0.5) is 8.78 Å². The molecule has 1 heterocycles. The van der Waals surface area contributed by atoms with Gasteiger partial charge in [0.15, 0.2) is 9.84 Å². The summed E-state index contributed by atoms with van der Waals surface area (Å²) in [4.78, 5) is 12.6. The Bertz CT molecular complexity index is 1240. The molecular weight excluding hydrogens is 416 g/mol. The second-order valence-corrected chi connectivity index (χ2v) is 8.66. The first-order chi connectivity index (χ1) is 14.2. The average molecular weight is 435 g/mol. The van der Waals surface area contributed by atoms with E-state index in [9.17, 15) is 22.0 Å². The van der Waals surface area contributed by atoms with Gasteiger partial charge in [-0.05, 0) is 45.3 Å². The molecule has 158 valence electrons. The first-order valence-electron chi connectivity index (χ1n) is 8.82. The fourth-order valence-corrected chi connectivity index (χ4v) is 3.43. The van der Waals surface area contributed by atoms with Crippen molar-refractivity contribution in [2.24, 2.45) is 5.73 Å². The van der Waals surface area contributed by atoms with Crippen molar-refractivity contribution in [1.29, 1.82) is 0 Å². The van der Waals surface area contributed by atoms with Crippen LogP contribution in [0.25, 0.3) is 11.1 Å². The first kappa shape index (κ1) is 21.5. The molecule has 1 aromatic heterocycles. The molecule has 0 atom stereocenters. The topological polar surface area (TPSA) is 113 Å². The minimum absolute atomic E-state index is 0.0911. The zero-order chi connectivity index (χ0) is 21.9. The molecule has 0 aliphatic heterocycles. The van der Waals surface area contributed by atoms with Crippen molar-refractivity contribution in [3.8, 4) is 11.1 Å². The van der Waals surface area contributed by atoms with Gasteiger partial charge in [0.25, 0.3) is 6.08 Å². The van der Waals surface area contributed by atoms with Crippen molar-refractivity contribution in [2.45, 2.75) is 18.0 Å². The van der Waals surface area contributed by atoms with Gasteiger partial charge in [0, 0.05) is 18.4 Å². The predicted molar refractivity (Wildman–Crippen MR) is 107 cm³/mol. The van der Waals surface area contributed by atoms with Gasteiger partial charge in [-0.15, -0.1) is 0 Å². The molecule has 3 rings (SSSR count). The Kier molecular flexibility index (Phi) is 6.22. The summed E-state index contributed by atoms with van der Waals surface area (Å²) in [5.41, 5.74) is 6.60. The highest BCUT2D eigenvalue weighted by molar-refractivity contribution is 7.90. The summed E-state index contributed by atoms with van der Waals surface area (Å²) < 4.78 is 50.6. The number of sulfone groups is 1. The number of nitrogens with two attached hydrogens (primary N) is 1. The zero-order valence-electron chi connectivity index (χ0n) is 16.0. The fourth-order valence-electron chi connectivity index (χ4n) is 2.80. The van der Waals surface area contributed by atoms with Crippen molar-refractivity contribution in [3.05, 3.63) is 76.2 Å². The second-order valence-electron chi connectivity index (χ2n) is 6.64. The number of hydrogen-bond acceptors (Lipinski definition) is 6. The molecule has 2 aromatic carbocycles. The predicted octanol–water partition coefficient (Wildman–Crippen LogP) is 1.67. The van der Waals surface area contributed by atoms with Gasteiger partial charge in [-0.1, -0.05) is 30.3 Å². The maximum Gasteiger partial charge on any atom is 0.364 e. The summed E-state index contributed by atoms with van der Waals surface area (Å²) in [7, 11) is -3.28. The van der Waals surface area contributed by atoms with Gasteiger partial charge < -0.3 is 5.73 Å². The van der Waals surface area contributed by atoms with Crippen molar-refractivity contribution in [1.82, 2.24) is 19.8 Å². The van der Waals surface area contributed by atoms with E-state index in [1.807, 2.05) is 12.1 Å². The van der Waals surface area contributed by atoms with Gasteiger partial charge in [0.2, 0.25) is 0 Å². The molecule has 0 bridgehead atoms. The van der Waals surface area contributed by atoms with Crippen LogP contribution in [0.1, 0.15) is 5.56 Å². The molecule has 0 amide bonds. The number of rotatable bonds is 7. The van der Waals surface area contributed by atoms with Crippen molar-refractivity contribution in [2.75, 3.05) is 12.8 Å². The average Bonchev–Trinajstić information content (AvgIpc) is 3.05. The van der Waals surface area contributed by atoms with E-state index in [2.05, 4.69) is 10.4 Å². The lowest BCUT2D eigenvalue weighted by Gasteiger charge is -2.06.